The first-order valence-electron chi connectivity index (χ1n) is 7.24. The Bertz CT molecular complexity index is 572. The molecule has 2 nitrogen and oxygen atoms in total. The van der Waals surface area contributed by atoms with Gasteiger partial charge in [-0.1, -0.05) is 51.1 Å². The van der Waals surface area contributed by atoms with Gasteiger partial charge in [-0.25, -0.2) is 0 Å². The number of fused-ring (bicyclic) bond motifs is 1. The zero-order chi connectivity index (χ0) is 14.0. The van der Waals surface area contributed by atoms with E-state index in [4.69, 9.17) is 0 Å². The maximum atomic E-state index is 12.7. The smallest absolute Gasteiger partial charge is 0.854 e. The van der Waals surface area contributed by atoms with Gasteiger partial charge in [0.15, 0.2) is 0 Å². The molecule has 0 saturated carbocycles. The third kappa shape index (κ3) is 3.58. The summed E-state index contributed by atoms with van der Waals surface area (Å²) in [7, 11) is -0.504. The van der Waals surface area contributed by atoms with Crippen LogP contribution >= 0.6 is 0 Å². The Hall–Kier alpha value is -0.0631. The van der Waals surface area contributed by atoms with E-state index in [2.05, 4.69) is 35.8 Å². The number of benzene rings is 1. The number of rotatable bonds is 5. The summed E-state index contributed by atoms with van der Waals surface area (Å²) in [5.41, 5.74) is 2.53. The molecule has 1 aromatic heterocycles. The quantitative estimate of drug-likeness (QED) is 0.549. The normalized spacial score (nSPS) is 11.7. The molecule has 0 spiro atoms. The van der Waals surface area contributed by atoms with Gasteiger partial charge in [0.25, 0.3) is 0 Å². The Labute approximate surface area is 145 Å². The molecule has 20 heavy (non-hydrogen) atoms. The number of aryl methyl sites for hydroxylation is 2. The first-order valence-corrected chi connectivity index (χ1v) is 10.1. The number of hydrogen-bond acceptors (Lipinski definition) is 1. The van der Waals surface area contributed by atoms with Crippen LogP contribution < -0.4 is 39.7 Å². The van der Waals surface area contributed by atoms with Crippen molar-refractivity contribution in [2.24, 2.45) is 7.05 Å². The summed E-state index contributed by atoms with van der Waals surface area (Å²) >= 11 is 0. The predicted octanol–water partition coefficient (Wildman–Crippen LogP) is -0.313. The molecule has 0 aliphatic rings. The van der Waals surface area contributed by atoms with Gasteiger partial charge in [0.05, 0.1) is 0 Å². The second-order valence-corrected chi connectivity index (χ2v) is 9.36. The summed E-state index contributed by atoms with van der Waals surface area (Å²) < 4.78 is 2.15. The van der Waals surface area contributed by atoms with Gasteiger partial charge in [0.1, 0.15) is 0 Å². The molecule has 0 N–H and O–H groups in total. The minimum atomic E-state index is -2.55. The molecule has 0 saturated heterocycles. The molecule has 4 heteroatoms. The molecule has 0 atom stereocenters. The van der Waals surface area contributed by atoms with Gasteiger partial charge in [-0.3, -0.25) is 0 Å². The van der Waals surface area contributed by atoms with E-state index in [9.17, 15) is 4.80 Å². The number of nitrogens with zero attached hydrogens (tertiary/aromatic N) is 1. The third-order valence-corrected chi connectivity index (χ3v) is 5.59. The van der Waals surface area contributed by atoms with Crippen LogP contribution in [-0.4, -0.2) is 12.9 Å². The minimum absolute atomic E-state index is 0. The minimum Gasteiger partial charge on any atom is -0.854 e. The first kappa shape index (κ1) is 18.0. The fourth-order valence-electron chi connectivity index (χ4n) is 3.04. The Balaban J connectivity index is 0.00000200. The summed E-state index contributed by atoms with van der Waals surface area (Å²) in [6.07, 6.45) is 4.69. The van der Waals surface area contributed by atoms with Gasteiger partial charge in [-0.05, 0) is 29.8 Å². The molecule has 1 heterocycles. The predicted molar refractivity (Wildman–Crippen MR) is 83.3 cm³/mol. The van der Waals surface area contributed by atoms with Crippen LogP contribution in [0.2, 0.25) is 13.1 Å². The van der Waals surface area contributed by atoms with Gasteiger partial charge < -0.3 is 9.36 Å². The second-order valence-electron chi connectivity index (χ2n) is 5.87. The fraction of sp³-hybridized carbons (Fsp3) is 0.500. The molecular formula is C16H24NNaOSi. The van der Waals surface area contributed by atoms with Crippen LogP contribution in [0.25, 0.3) is 10.9 Å². The molecule has 104 valence electrons. The zero-order valence-electron chi connectivity index (χ0n) is 13.5. The van der Waals surface area contributed by atoms with Crippen molar-refractivity contribution in [3.05, 3.63) is 29.8 Å². The summed E-state index contributed by atoms with van der Waals surface area (Å²) in [4.78, 5) is 12.7. The molecule has 2 aromatic rings. The topological polar surface area (TPSA) is 28.0 Å². The third-order valence-electron chi connectivity index (χ3n) is 3.81. The van der Waals surface area contributed by atoms with Crippen LogP contribution in [0.3, 0.4) is 0 Å². The van der Waals surface area contributed by atoms with Gasteiger partial charge in [-0.2, -0.15) is 0 Å². The number of aromatic nitrogens is 1. The van der Waals surface area contributed by atoms with Gasteiger partial charge >= 0.3 is 29.6 Å². The zero-order valence-corrected chi connectivity index (χ0v) is 16.5. The average molecular weight is 297 g/mol. The summed E-state index contributed by atoms with van der Waals surface area (Å²) in [6, 6.07) is 8.43. The van der Waals surface area contributed by atoms with Crippen molar-refractivity contribution in [1.82, 2.24) is 4.57 Å². The van der Waals surface area contributed by atoms with Crippen LogP contribution in [0.15, 0.2) is 24.3 Å². The van der Waals surface area contributed by atoms with E-state index in [0.717, 1.165) is 11.7 Å². The molecule has 0 radical (unpaired) electrons. The molecule has 0 unspecified atom stereocenters. The molecule has 0 bridgehead atoms. The largest absolute Gasteiger partial charge is 1.00 e. The van der Waals surface area contributed by atoms with Crippen molar-refractivity contribution >= 4 is 24.5 Å². The summed E-state index contributed by atoms with van der Waals surface area (Å²) in [5.74, 6) is 0. The van der Waals surface area contributed by atoms with E-state index in [0.29, 0.717) is 0 Å². The van der Waals surface area contributed by atoms with Crippen molar-refractivity contribution in [2.75, 3.05) is 0 Å². The van der Waals surface area contributed by atoms with Crippen molar-refractivity contribution in [3.63, 3.8) is 0 Å². The van der Waals surface area contributed by atoms with Crippen molar-refractivity contribution in [1.29, 1.82) is 0 Å². The Morgan fingerprint density at radius 2 is 1.80 bits per heavy atom. The standard InChI is InChI=1S/C16H24NOSi.Na/c1-5-6-7-11-14-13-10-8-9-12-15(13)17(2)16(14)19(3,4)18;/h8-10,12H,5-7,11H2,1-4H3;/q-1;+1. The van der Waals surface area contributed by atoms with E-state index in [-0.39, 0.29) is 29.6 Å². The van der Waals surface area contributed by atoms with Crippen LogP contribution in [0.5, 0.6) is 0 Å². The maximum Gasteiger partial charge on any atom is 1.00 e. The Morgan fingerprint density at radius 1 is 1.15 bits per heavy atom. The van der Waals surface area contributed by atoms with E-state index >= 15 is 0 Å². The molecule has 0 aliphatic heterocycles. The number of para-hydroxylation sites is 1. The van der Waals surface area contributed by atoms with Gasteiger partial charge in [0, 0.05) is 26.3 Å². The first-order chi connectivity index (χ1) is 8.96. The maximum absolute atomic E-state index is 12.7. The van der Waals surface area contributed by atoms with Crippen molar-refractivity contribution in [3.8, 4) is 0 Å². The molecule has 2 rings (SSSR count). The van der Waals surface area contributed by atoms with Crippen LogP contribution in [0.4, 0.5) is 0 Å². The van der Waals surface area contributed by atoms with Crippen LogP contribution in [0, 0.1) is 0 Å². The monoisotopic (exact) mass is 297 g/mol. The number of unbranched alkanes of at least 4 members (excludes halogenated alkanes) is 2. The van der Waals surface area contributed by atoms with Crippen molar-refractivity contribution in [2.45, 2.75) is 45.7 Å². The summed E-state index contributed by atoms with van der Waals surface area (Å²) in [6.45, 7) is 6.03. The number of hydrogen-bond donors (Lipinski definition) is 0. The van der Waals surface area contributed by atoms with Crippen LogP contribution in [-0.2, 0) is 13.5 Å². The van der Waals surface area contributed by atoms with E-state index in [1.54, 1.807) is 0 Å². The second kappa shape index (κ2) is 7.28. The average Bonchev–Trinajstić information content (AvgIpc) is 2.63. The van der Waals surface area contributed by atoms with Gasteiger partial charge in [0.2, 0.25) is 0 Å². The molecule has 1 aromatic carbocycles. The van der Waals surface area contributed by atoms with Gasteiger partial charge in [-0.15, -0.1) is 0 Å². The van der Waals surface area contributed by atoms with Crippen molar-refractivity contribution < 1.29 is 34.4 Å². The Morgan fingerprint density at radius 3 is 2.40 bits per heavy atom. The SMILES string of the molecule is CCCCCc1c([Si](C)(C)[O-])n(C)c2ccccc12.[Na+]. The molecular weight excluding hydrogens is 273 g/mol. The summed E-state index contributed by atoms with van der Waals surface area (Å²) in [5, 5.41) is 2.37. The van der Waals surface area contributed by atoms with E-state index < -0.39 is 8.32 Å². The fourth-order valence-corrected chi connectivity index (χ4v) is 4.96. The van der Waals surface area contributed by atoms with E-state index in [1.807, 2.05) is 20.1 Å². The van der Waals surface area contributed by atoms with Crippen LogP contribution in [0.1, 0.15) is 31.7 Å². The molecule has 0 fully saturated rings. The molecule has 0 amide bonds. The Kier molecular flexibility index (Phi) is 6.54. The molecule has 0 aliphatic carbocycles. The van der Waals surface area contributed by atoms with E-state index in [1.165, 1.54) is 35.7 Å².